The number of nitrogens with zero attached hydrogens (tertiary/aromatic N) is 4. The lowest BCUT2D eigenvalue weighted by molar-refractivity contribution is 0.558. The van der Waals surface area contributed by atoms with E-state index in [1.54, 1.807) is 39.4 Å². The molecule has 0 aromatic carbocycles. The molecule has 0 radical (unpaired) electrons. The van der Waals surface area contributed by atoms with Gasteiger partial charge in [-0.25, -0.2) is 0 Å². The van der Waals surface area contributed by atoms with Crippen LogP contribution in [-0.4, -0.2) is 35.9 Å². The molecular formula is C11H16N6OS2. The van der Waals surface area contributed by atoms with Crippen molar-refractivity contribution in [3.63, 3.8) is 0 Å². The molecule has 0 bridgehead atoms. The standard InChI is InChI=1S/C11H16N6OS2/c1-7(14-16-10(19)12-2)9(8-5-4-6-18-8)15-17-11(20)13-3/h4-6H,1-3H3,(H2,12,16,19)(H2,13,17,20)/b14-7+,15-9-. The third kappa shape index (κ3) is 5.10. The van der Waals surface area contributed by atoms with Gasteiger partial charge >= 0.3 is 0 Å². The van der Waals surface area contributed by atoms with Crippen LogP contribution < -0.4 is 10.6 Å². The van der Waals surface area contributed by atoms with Gasteiger partial charge < -0.3 is 15.1 Å². The fourth-order valence-electron chi connectivity index (χ4n) is 1.08. The molecule has 1 heterocycles. The molecule has 20 heavy (non-hydrogen) atoms. The maximum absolute atomic E-state index is 5.31. The molecule has 108 valence electrons. The van der Waals surface area contributed by atoms with Crippen LogP contribution in [0.3, 0.4) is 0 Å². The highest BCUT2D eigenvalue weighted by Crippen LogP contribution is 2.06. The van der Waals surface area contributed by atoms with Crippen molar-refractivity contribution in [2.45, 2.75) is 6.92 Å². The number of hydrogen-bond donors (Lipinski definition) is 4. The SMILES string of the molecule is CN/C(S)=N/N=C(/C(C)=N/N=C(\S)NC)c1ccco1. The topological polar surface area (TPSA) is 86.6 Å². The van der Waals surface area contributed by atoms with E-state index in [1.165, 1.54) is 0 Å². The first-order valence-corrected chi connectivity index (χ1v) is 6.53. The lowest BCUT2D eigenvalue weighted by Gasteiger charge is -2.00. The van der Waals surface area contributed by atoms with E-state index in [0.717, 1.165) is 0 Å². The Labute approximate surface area is 128 Å². The van der Waals surface area contributed by atoms with E-state index in [4.69, 9.17) is 4.42 Å². The Morgan fingerprint density at radius 1 is 1.05 bits per heavy atom. The Morgan fingerprint density at radius 2 is 1.65 bits per heavy atom. The van der Waals surface area contributed by atoms with Crippen molar-refractivity contribution in [3.05, 3.63) is 24.2 Å². The van der Waals surface area contributed by atoms with E-state index in [0.29, 0.717) is 27.5 Å². The molecule has 7 nitrogen and oxygen atoms in total. The zero-order valence-electron chi connectivity index (χ0n) is 11.3. The zero-order valence-corrected chi connectivity index (χ0v) is 13.1. The Hall–Kier alpha value is -1.74. The Morgan fingerprint density at radius 3 is 2.15 bits per heavy atom. The summed E-state index contributed by atoms with van der Waals surface area (Å²) in [5.41, 5.74) is 0.987. The van der Waals surface area contributed by atoms with Crippen LogP contribution in [0.15, 0.2) is 43.2 Å². The van der Waals surface area contributed by atoms with Gasteiger partial charge in [-0.05, 0) is 19.1 Å². The van der Waals surface area contributed by atoms with E-state index >= 15 is 0 Å². The van der Waals surface area contributed by atoms with Crippen LogP contribution in [0.2, 0.25) is 0 Å². The summed E-state index contributed by atoms with van der Waals surface area (Å²) in [6, 6.07) is 3.51. The summed E-state index contributed by atoms with van der Waals surface area (Å²) < 4.78 is 5.31. The van der Waals surface area contributed by atoms with E-state index in [1.807, 2.05) is 0 Å². The van der Waals surface area contributed by atoms with Gasteiger partial charge in [0.05, 0.1) is 12.0 Å². The molecule has 0 unspecified atom stereocenters. The number of rotatable bonds is 4. The van der Waals surface area contributed by atoms with Crippen LogP contribution >= 0.6 is 25.3 Å². The smallest absolute Gasteiger partial charge is 0.179 e. The normalized spacial score (nSPS) is 14.4. The third-order valence-corrected chi connectivity index (χ3v) is 2.71. The zero-order chi connectivity index (χ0) is 15.0. The third-order valence-electron chi connectivity index (χ3n) is 2.08. The van der Waals surface area contributed by atoms with Crippen molar-refractivity contribution in [3.8, 4) is 0 Å². The van der Waals surface area contributed by atoms with Gasteiger partial charge in [0.1, 0.15) is 0 Å². The maximum Gasteiger partial charge on any atom is 0.179 e. The summed E-state index contributed by atoms with van der Waals surface area (Å²) in [5.74, 6) is 0.535. The Balaban J connectivity index is 3.12. The molecule has 0 aliphatic heterocycles. The van der Waals surface area contributed by atoms with Gasteiger partial charge in [0.25, 0.3) is 0 Å². The first-order valence-electron chi connectivity index (χ1n) is 5.64. The van der Waals surface area contributed by atoms with Crippen LogP contribution in [0.25, 0.3) is 0 Å². The lowest BCUT2D eigenvalue weighted by atomic mass is 10.2. The fraction of sp³-hybridized carbons (Fsp3) is 0.273. The molecule has 9 heteroatoms. The Kier molecular flexibility index (Phi) is 6.88. The summed E-state index contributed by atoms with van der Waals surface area (Å²) in [5, 5.41) is 22.1. The molecule has 0 atom stereocenters. The van der Waals surface area contributed by atoms with Crippen LogP contribution in [0.5, 0.6) is 0 Å². The second kappa shape index (κ2) is 8.43. The summed E-state index contributed by atoms with van der Waals surface area (Å²) >= 11 is 8.15. The van der Waals surface area contributed by atoms with Gasteiger partial charge in [0, 0.05) is 14.1 Å². The minimum absolute atomic E-state index is 0.371. The first-order chi connectivity index (χ1) is 9.58. The Bertz CT molecular complexity index is 547. The van der Waals surface area contributed by atoms with E-state index < -0.39 is 0 Å². The van der Waals surface area contributed by atoms with Crippen molar-refractivity contribution in [1.29, 1.82) is 0 Å². The summed E-state index contributed by atoms with van der Waals surface area (Å²) in [6.45, 7) is 1.74. The van der Waals surface area contributed by atoms with Gasteiger partial charge in [-0.15, -0.1) is 40.6 Å². The van der Waals surface area contributed by atoms with Crippen molar-refractivity contribution in [2.75, 3.05) is 14.1 Å². The summed E-state index contributed by atoms with van der Waals surface area (Å²) in [7, 11) is 3.39. The van der Waals surface area contributed by atoms with Gasteiger partial charge in [-0.2, -0.15) is 5.10 Å². The first kappa shape index (κ1) is 16.3. The molecular weight excluding hydrogens is 296 g/mol. The molecule has 0 aliphatic carbocycles. The largest absolute Gasteiger partial charge is 0.463 e. The fourth-order valence-corrected chi connectivity index (χ4v) is 1.17. The molecule has 0 spiro atoms. The van der Waals surface area contributed by atoms with Crippen LogP contribution in [0, 0.1) is 0 Å². The molecule has 1 rings (SSSR count). The molecule has 0 saturated heterocycles. The number of amidine groups is 2. The predicted molar refractivity (Wildman–Crippen MR) is 89.3 cm³/mol. The van der Waals surface area contributed by atoms with Gasteiger partial charge in [-0.1, -0.05) is 0 Å². The van der Waals surface area contributed by atoms with Gasteiger partial charge in [0.2, 0.25) is 0 Å². The highest BCUT2D eigenvalue weighted by molar-refractivity contribution is 7.97. The van der Waals surface area contributed by atoms with Gasteiger partial charge in [-0.3, -0.25) is 0 Å². The summed E-state index contributed by atoms with van der Waals surface area (Å²) in [4.78, 5) is 0. The van der Waals surface area contributed by atoms with Crippen LogP contribution in [0.4, 0.5) is 0 Å². The van der Waals surface area contributed by atoms with Crippen molar-refractivity contribution in [2.24, 2.45) is 20.4 Å². The molecule has 0 fully saturated rings. The quantitative estimate of drug-likeness (QED) is 0.293. The highest BCUT2D eigenvalue weighted by Gasteiger charge is 2.11. The van der Waals surface area contributed by atoms with Crippen LogP contribution in [-0.2, 0) is 0 Å². The van der Waals surface area contributed by atoms with Crippen molar-refractivity contribution < 1.29 is 4.42 Å². The van der Waals surface area contributed by atoms with Gasteiger partial charge in [0.15, 0.2) is 21.8 Å². The molecule has 0 aliphatic rings. The number of thiol groups is 2. The minimum Gasteiger partial charge on any atom is -0.463 e. The number of hydrogen-bond acceptors (Lipinski definition) is 5. The second-order valence-electron chi connectivity index (χ2n) is 3.46. The average molecular weight is 312 g/mol. The molecule has 1 aromatic rings. The number of nitrogens with one attached hydrogen (secondary N) is 2. The number of furan rings is 1. The maximum atomic E-state index is 5.31. The average Bonchev–Trinajstić information content (AvgIpc) is 2.98. The van der Waals surface area contributed by atoms with Crippen molar-refractivity contribution >= 4 is 47.0 Å². The minimum atomic E-state index is 0.371. The van der Waals surface area contributed by atoms with E-state index in [2.05, 4.69) is 56.3 Å². The van der Waals surface area contributed by atoms with E-state index in [9.17, 15) is 0 Å². The summed E-state index contributed by atoms with van der Waals surface area (Å²) in [6.07, 6.45) is 1.54. The molecule has 0 amide bonds. The highest BCUT2D eigenvalue weighted by atomic mass is 32.1. The molecule has 0 saturated carbocycles. The molecule has 2 N–H and O–H groups in total. The van der Waals surface area contributed by atoms with Crippen molar-refractivity contribution in [1.82, 2.24) is 10.6 Å². The monoisotopic (exact) mass is 312 g/mol. The predicted octanol–water partition coefficient (Wildman–Crippen LogP) is 1.37. The van der Waals surface area contributed by atoms with E-state index in [-0.39, 0.29) is 0 Å². The second-order valence-corrected chi connectivity index (χ2v) is 4.31. The van der Waals surface area contributed by atoms with Crippen LogP contribution in [0.1, 0.15) is 12.7 Å². The lowest BCUT2D eigenvalue weighted by Crippen LogP contribution is -2.15. The molecule has 1 aromatic heterocycles.